The van der Waals surface area contributed by atoms with Crippen LogP contribution in [0.3, 0.4) is 0 Å². The van der Waals surface area contributed by atoms with E-state index in [1.807, 2.05) is 0 Å². The van der Waals surface area contributed by atoms with E-state index in [1.54, 1.807) is 12.1 Å². The van der Waals surface area contributed by atoms with Crippen LogP contribution in [0.4, 0.5) is 4.79 Å². The lowest BCUT2D eigenvalue weighted by Crippen LogP contribution is -2.51. The fourth-order valence-electron chi connectivity index (χ4n) is 7.15. The van der Waals surface area contributed by atoms with Gasteiger partial charge in [-0.05, 0) is 105 Å². The molecule has 1 saturated heterocycles. The Morgan fingerprint density at radius 1 is 1.06 bits per heavy atom. The fourth-order valence-corrected chi connectivity index (χ4v) is 8.89. The lowest BCUT2D eigenvalue weighted by Gasteiger charge is -2.57. The molecule has 1 aromatic rings. The first kappa shape index (κ1) is 21.5. The monoisotopic (exact) mass is 465 g/mol. The molecule has 4 bridgehead atoms. The molecule has 2 N–H and O–H groups in total. The number of amides is 2. The second-order valence-corrected chi connectivity index (χ2v) is 12.6. The number of hydrogen-bond acceptors (Lipinski definition) is 3. The molecule has 1 heterocycles. The van der Waals surface area contributed by atoms with Crippen LogP contribution in [-0.4, -0.2) is 38.0 Å². The third-order valence-electron chi connectivity index (χ3n) is 8.03. The molecule has 4 saturated carbocycles. The van der Waals surface area contributed by atoms with Crippen molar-refractivity contribution in [3.8, 4) is 0 Å². The molecule has 2 amide bonds. The minimum atomic E-state index is -3.67. The zero-order valence-corrected chi connectivity index (χ0v) is 19.4. The first-order chi connectivity index (χ1) is 14.8. The standard InChI is InChI=1S/C23H32ClN3O3S/c24-19-3-5-20(6-4-19)31(29,30)27-9-1-2-21(27)26-22(28)25-8-7-23-13-16-10-17(14-23)12-18(11-16)15-23/h3-6,16-18,21H,1-2,7-15H2,(H2,25,26,28). The maximum Gasteiger partial charge on any atom is 0.316 e. The zero-order chi connectivity index (χ0) is 21.6. The highest BCUT2D eigenvalue weighted by molar-refractivity contribution is 7.89. The van der Waals surface area contributed by atoms with Crippen molar-refractivity contribution < 1.29 is 13.2 Å². The van der Waals surface area contributed by atoms with Crippen molar-refractivity contribution in [2.75, 3.05) is 13.1 Å². The highest BCUT2D eigenvalue weighted by atomic mass is 35.5. The average molecular weight is 466 g/mol. The molecule has 1 unspecified atom stereocenters. The minimum Gasteiger partial charge on any atom is -0.338 e. The molecule has 8 heteroatoms. The third-order valence-corrected chi connectivity index (χ3v) is 10.2. The van der Waals surface area contributed by atoms with Gasteiger partial charge in [0.05, 0.1) is 11.1 Å². The van der Waals surface area contributed by atoms with Gasteiger partial charge < -0.3 is 10.6 Å². The molecule has 1 aliphatic heterocycles. The summed E-state index contributed by atoms with van der Waals surface area (Å²) in [5, 5.41) is 6.40. The zero-order valence-electron chi connectivity index (χ0n) is 17.9. The van der Waals surface area contributed by atoms with E-state index in [9.17, 15) is 13.2 Å². The summed E-state index contributed by atoms with van der Waals surface area (Å²) >= 11 is 5.89. The SMILES string of the molecule is O=C(NCCC12CC3CC(CC(C3)C1)C2)NC1CCCN1S(=O)(=O)c1ccc(Cl)cc1. The second kappa shape index (κ2) is 8.23. The number of benzene rings is 1. The highest BCUT2D eigenvalue weighted by Crippen LogP contribution is 2.61. The summed E-state index contributed by atoms with van der Waals surface area (Å²) in [5.41, 5.74) is 0.430. The topological polar surface area (TPSA) is 78.5 Å². The summed E-state index contributed by atoms with van der Waals surface area (Å²) in [5.74, 6) is 2.72. The Bertz CT molecular complexity index is 899. The van der Waals surface area contributed by atoms with Crippen LogP contribution in [0.1, 0.15) is 57.8 Å². The van der Waals surface area contributed by atoms with Gasteiger partial charge in [0.25, 0.3) is 0 Å². The maximum atomic E-state index is 13.0. The van der Waals surface area contributed by atoms with Gasteiger partial charge in [0.1, 0.15) is 0 Å². The van der Waals surface area contributed by atoms with Crippen molar-refractivity contribution >= 4 is 27.7 Å². The van der Waals surface area contributed by atoms with Crippen LogP contribution >= 0.6 is 11.6 Å². The minimum absolute atomic E-state index is 0.202. The third kappa shape index (κ3) is 4.33. The Labute approximate surface area is 190 Å². The van der Waals surface area contributed by atoms with E-state index >= 15 is 0 Å². The number of carbonyl (C=O) groups is 1. The first-order valence-corrected chi connectivity index (χ1v) is 13.5. The summed E-state index contributed by atoms with van der Waals surface area (Å²) in [6.45, 7) is 1.07. The molecule has 1 atom stereocenters. The highest BCUT2D eigenvalue weighted by Gasteiger charge is 2.50. The molecule has 170 valence electrons. The van der Waals surface area contributed by atoms with Crippen molar-refractivity contribution in [1.29, 1.82) is 0 Å². The van der Waals surface area contributed by atoms with Crippen molar-refractivity contribution in [2.24, 2.45) is 23.2 Å². The molecule has 6 rings (SSSR count). The van der Waals surface area contributed by atoms with Gasteiger partial charge in [-0.2, -0.15) is 4.31 Å². The van der Waals surface area contributed by atoms with Crippen LogP contribution < -0.4 is 10.6 Å². The molecule has 0 radical (unpaired) electrons. The molecular weight excluding hydrogens is 434 g/mol. The summed E-state index contributed by atoms with van der Waals surface area (Å²) < 4.78 is 27.4. The smallest absolute Gasteiger partial charge is 0.316 e. The van der Waals surface area contributed by atoms with Gasteiger partial charge in [0.2, 0.25) is 10.0 Å². The number of sulfonamides is 1. The van der Waals surface area contributed by atoms with E-state index in [1.165, 1.54) is 55.0 Å². The van der Waals surface area contributed by atoms with Crippen molar-refractivity contribution in [3.63, 3.8) is 0 Å². The van der Waals surface area contributed by atoms with Gasteiger partial charge in [-0.15, -0.1) is 0 Å². The fraction of sp³-hybridized carbons (Fsp3) is 0.696. The number of hydrogen-bond donors (Lipinski definition) is 2. The van der Waals surface area contributed by atoms with E-state index in [4.69, 9.17) is 11.6 Å². The number of nitrogens with zero attached hydrogens (tertiary/aromatic N) is 1. The summed E-state index contributed by atoms with van der Waals surface area (Å²) in [4.78, 5) is 12.8. The van der Waals surface area contributed by atoms with Crippen molar-refractivity contribution in [1.82, 2.24) is 14.9 Å². The van der Waals surface area contributed by atoms with Crippen LogP contribution in [0.2, 0.25) is 5.02 Å². The Morgan fingerprint density at radius 2 is 1.68 bits per heavy atom. The van der Waals surface area contributed by atoms with E-state index in [2.05, 4.69) is 10.6 Å². The quantitative estimate of drug-likeness (QED) is 0.655. The van der Waals surface area contributed by atoms with Gasteiger partial charge in [-0.25, -0.2) is 13.2 Å². The Morgan fingerprint density at radius 3 is 2.29 bits per heavy atom. The Kier molecular flexibility index (Phi) is 5.72. The van der Waals surface area contributed by atoms with Crippen LogP contribution in [-0.2, 0) is 10.0 Å². The maximum absolute atomic E-state index is 13.0. The van der Waals surface area contributed by atoms with Crippen LogP contribution in [0.25, 0.3) is 0 Å². The second-order valence-electron chi connectivity index (χ2n) is 10.3. The Hall–Kier alpha value is -1.31. The first-order valence-electron chi connectivity index (χ1n) is 11.6. The molecule has 4 aliphatic carbocycles. The molecule has 5 aliphatic rings. The lowest BCUT2D eigenvalue weighted by molar-refractivity contribution is -0.0563. The molecule has 0 spiro atoms. The molecule has 5 fully saturated rings. The van der Waals surface area contributed by atoms with Gasteiger partial charge in [0.15, 0.2) is 0 Å². The van der Waals surface area contributed by atoms with E-state index in [0.717, 1.165) is 30.6 Å². The Balaban J connectivity index is 1.15. The molecule has 31 heavy (non-hydrogen) atoms. The van der Waals surface area contributed by atoms with E-state index < -0.39 is 16.2 Å². The largest absolute Gasteiger partial charge is 0.338 e. The summed E-state index contributed by atoms with van der Waals surface area (Å²) in [6.07, 6.45) is 10.1. The van der Waals surface area contributed by atoms with Crippen molar-refractivity contribution in [2.45, 2.75) is 68.8 Å². The summed E-state index contributed by atoms with van der Waals surface area (Å²) in [7, 11) is -3.67. The van der Waals surface area contributed by atoms with Crippen LogP contribution in [0.5, 0.6) is 0 Å². The number of halogens is 1. The van der Waals surface area contributed by atoms with E-state index in [-0.39, 0.29) is 10.9 Å². The lowest BCUT2D eigenvalue weighted by atomic mass is 9.49. The predicted molar refractivity (Wildman–Crippen MR) is 120 cm³/mol. The van der Waals surface area contributed by atoms with Gasteiger partial charge in [-0.1, -0.05) is 11.6 Å². The summed E-state index contributed by atoms with van der Waals surface area (Å²) in [6, 6.07) is 5.90. The number of urea groups is 1. The van der Waals surface area contributed by atoms with Gasteiger partial charge in [0, 0.05) is 18.1 Å². The van der Waals surface area contributed by atoms with Gasteiger partial charge in [-0.3, -0.25) is 0 Å². The predicted octanol–water partition coefficient (Wildman–Crippen LogP) is 4.36. The van der Waals surface area contributed by atoms with E-state index in [0.29, 0.717) is 29.9 Å². The molecule has 6 nitrogen and oxygen atoms in total. The van der Waals surface area contributed by atoms with Crippen LogP contribution in [0, 0.1) is 23.2 Å². The number of nitrogens with one attached hydrogen (secondary N) is 2. The van der Waals surface area contributed by atoms with Gasteiger partial charge >= 0.3 is 6.03 Å². The van der Waals surface area contributed by atoms with Crippen LogP contribution in [0.15, 0.2) is 29.2 Å². The molecule has 0 aromatic heterocycles. The van der Waals surface area contributed by atoms with Crippen molar-refractivity contribution in [3.05, 3.63) is 29.3 Å². The number of rotatable bonds is 6. The molecular formula is C23H32ClN3O3S. The normalized spacial score (nSPS) is 34.7. The average Bonchev–Trinajstić information content (AvgIpc) is 3.16. The number of carbonyl (C=O) groups excluding carboxylic acids is 1. The molecule has 1 aromatic carbocycles.